The van der Waals surface area contributed by atoms with E-state index in [1.54, 1.807) is 12.1 Å². The van der Waals surface area contributed by atoms with Gasteiger partial charge in [0.15, 0.2) is 0 Å². The van der Waals surface area contributed by atoms with Crippen molar-refractivity contribution in [2.24, 2.45) is 0 Å². The van der Waals surface area contributed by atoms with Gasteiger partial charge < -0.3 is 10.1 Å². The predicted octanol–water partition coefficient (Wildman–Crippen LogP) is 5.33. The lowest BCUT2D eigenvalue weighted by atomic mass is 10.1. The Kier molecular flexibility index (Phi) is 5.32. The minimum absolute atomic E-state index is 0.0280. The third-order valence-corrected chi connectivity index (χ3v) is 5.37. The molecular formula is C24H24FN3O. The van der Waals surface area contributed by atoms with Crippen LogP contribution in [-0.2, 0) is 6.54 Å². The van der Waals surface area contributed by atoms with Crippen LogP contribution in [0.2, 0.25) is 0 Å². The zero-order valence-corrected chi connectivity index (χ0v) is 16.8. The highest BCUT2D eigenvalue weighted by Crippen LogP contribution is 2.26. The van der Waals surface area contributed by atoms with Crippen LogP contribution in [0.15, 0.2) is 66.9 Å². The molecule has 1 aromatic heterocycles. The Morgan fingerprint density at radius 2 is 1.90 bits per heavy atom. The third-order valence-electron chi connectivity index (χ3n) is 5.37. The number of ether oxygens (including phenoxy) is 1. The van der Waals surface area contributed by atoms with Gasteiger partial charge in [-0.15, -0.1) is 0 Å². The summed E-state index contributed by atoms with van der Waals surface area (Å²) >= 11 is 0. The molecule has 4 aromatic rings. The van der Waals surface area contributed by atoms with Crippen molar-refractivity contribution >= 4 is 10.8 Å². The van der Waals surface area contributed by atoms with E-state index in [0.29, 0.717) is 17.9 Å². The molecule has 29 heavy (non-hydrogen) atoms. The Balaban J connectivity index is 1.56. The van der Waals surface area contributed by atoms with Gasteiger partial charge in [0.25, 0.3) is 0 Å². The first-order valence-corrected chi connectivity index (χ1v) is 9.67. The van der Waals surface area contributed by atoms with Gasteiger partial charge in [0, 0.05) is 40.9 Å². The van der Waals surface area contributed by atoms with Crippen LogP contribution in [0.25, 0.3) is 16.5 Å². The average molecular weight is 389 g/mol. The first kappa shape index (κ1) is 19.2. The summed E-state index contributed by atoms with van der Waals surface area (Å²) in [6, 6.07) is 19.5. The van der Waals surface area contributed by atoms with E-state index in [1.165, 1.54) is 18.6 Å². The third kappa shape index (κ3) is 3.74. The first-order chi connectivity index (χ1) is 14.1. The quantitative estimate of drug-likeness (QED) is 0.484. The van der Waals surface area contributed by atoms with Crippen LogP contribution in [-0.4, -0.2) is 16.9 Å². The number of nitrogens with one attached hydrogen (secondary N) is 1. The molecule has 0 spiro atoms. The van der Waals surface area contributed by atoms with E-state index < -0.39 is 0 Å². The van der Waals surface area contributed by atoms with E-state index >= 15 is 0 Å². The summed E-state index contributed by atoms with van der Waals surface area (Å²) in [5.74, 6) is 0.249. The molecule has 0 aliphatic carbocycles. The van der Waals surface area contributed by atoms with Crippen molar-refractivity contribution in [2.75, 3.05) is 7.11 Å². The van der Waals surface area contributed by atoms with Crippen LogP contribution in [0.4, 0.5) is 4.39 Å². The number of rotatable bonds is 6. The molecule has 1 N–H and O–H groups in total. The number of nitrogens with zero attached hydrogens (tertiary/aromatic N) is 2. The average Bonchev–Trinajstić information content (AvgIpc) is 3.13. The van der Waals surface area contributed by atoms with Crippen LogP contribution < -0.4 is 10.1 Å². The minimum Gasteiger partial charge on any atom is -0.497 e. The van der Waals surface area contributed by atoms with E-state index in [4.69, 9.17) is 4.74 Å². The molecule has 3 aromatic carbocycles. The molecule has 0 saturated carbocycles. The van der Waals surface area contributed by atoms with E-state index in [9.17, 15) is 4.39 Å². The summed E-state index contributed by atoms with van der Waals surface area (Å²) in [4.78, 5) is 0. The zero-order valence-electron chi connectivity index (χ0n) is 16.8. The number of aromatic nitrogens is 2. The summed E-state index contributed by atoms with van der Waals surface area (Å²) in [7, 11) is 1.53. The number of hydrogen-bond donors (Lipinski definition) is 1. The van der Waals surface area contributed by atoms with Gasteiger partial charge in [-0.05, 0) is 31.4 Å². The molecule has 148 valence electrons. The topological polar surface area (TPSA) is 39.1 Å². The molecule has 0 saturated heterocycles. The van der Waals surface area contributed by atoms with Gasteiger partial charge in [-0.2, -0.15) is 5.10 Å². The van der Waals surface area contributed by atoms with Gasteiger partial charge in [0.1, 0.15) is 11.6 Å². The Labute approximate surface area is 169 Å². The highest BCUT2D eigenvalue weighted by molar-refractivity contribution is 5.90. The summed E-state index contributed by atoms with van der Waals surface area (Å²) in [5, 5.41) is 10.4. The number of halogens is 1. The standard InChI is InChI=1S/C24H24FN3O/c1-16(26-14-19-11-12-20(29-3)13-23(19)25)22-15-27-28(17(22)2)24-10-6-8-18-7-4-5-9-21(18)24/h4-13,15-16,26H,14H2,1-3H3/t16-/m0/s1. The number of hydrogen-bond acceptors (Lipinski definition) is 3. The predicted molar refractivity (Wildman–Crippen MR) is 114 cm³/mol. The molecular weight excluding hydrogens is 365 g/mol. The minimum atomic E-state index is -0.271. The summed E-state index contributed by atoms with van der Waals surface area (Å²) in [6.07, 6.45) is 1.89. The second-order valence-electron chi connectivity index (χ2n) is 7.16. The monoisotopic (exact) mass is 389 g/mol. The van der Waals surface area contributed by atoms with E-state index in [0.717, 1.165) is 22.3 Å². The molecule has 0 radical (unpaired) electrons. The van der Waals surface area contributed by atoms with Crippen LogP contribution in [0, 0.1) is 12.7 Å². The summed E-state index contributed by atoms with van der Waals surface area (Å²) in [5.41, 5.74) is 3.82. The summed E-state index contributed by atoms with van der Waals surface area (Å²) in [6.45, 7) is 4.56. The second-order valence-corrected chi connectivity index (χ2v) is 7.16. The SMILES string of the molecule is COc1ccc(CN[C@@H](C)c2cnn(-c3cccc4ccccc34)c2C)c(F)c1. The molecule has 5 heteroatoms. The maximum absolute atomic E-state index is 14.2. The molecule has 0 unspecified atom stereocenters. The van der Waals surface area contributed by atoms with Crippen molar-refractivity contribution in [1.29, 1.82) is 0 Å². The van der Waals surface area contributed by atoms with Gasteiger partial charge >= 0.3 is 0 Å². The van der Waals surface area contributed by atoms with Crippen molar-refractivity contribution in [3.8, 4) is 11.4 Å². The summed E-state index contributed by atoms with van der Waals surface area (Å²) < 4.78 is 21.2. The Morgan fingerprint density at radius 1 is 1.10 bits per heavy atom. The molecule has 0 aliphatic heterocycles. The van der Waals surface area contributed by atoms with Crippen molar-refractivity contribution in [3.05, 3.63) is 89.5 Å². The number of fused-ring (bicyclic) bond motifs is 1. The van der Waals surface area contributed by atoms with Crippen molar-refractivity contribution < 1.29 is 9.13 Å². The maximum Gasteiger partial charge on any atom is 0.131 e. The Bertz CT molecular complexity index is 1150. The Hall–Kier alpha value is -3.18. The fraction of sp³-hybridized carbons (Fsp3) is 0.208. The normalized spacial score (nSPS) is 12.3. The number of benzene rings is 3. The lowest BCUT2D eigenvalue weighted by Gasteiger charge is -2.15. The molecule has 0 amide bonds. The van der Waals surface area contributed by atoms with Crippen LogP contribution in [0.5, 0.6) is 5.75 Å². The molecule has 4 rings (SSSR count). The van der Waals surface area contributed by atoms with E-state index in [-0.39, 0.29) is 11.9 Å². The van der Waals surface area contributed by atoms with Gasteiger partial charge in [0.2, 0.25) is 0 Å². The fourth-order valence-electron chi connectivity index (χ4n) is 3.65. The lowest BCUT2D eigenvalue weighted by molar-refractivity contribution is 0.410. The highest BCUT2D eigenvalue weighted by atomic mass is 19.1. The van der Waals surface area contributed by atoms with Gasteiger partial charge in [0.05, 0.1) is 19.0 Å². The van der Waals surface area contributed by atoms with Crippen molar-refractivity contribution in [2.45, 2.75) is 26.4 Å². The zero-order chi connectivity index (χ0) is 20.4. The molecule has 0 aliphatic rings. The maximum atomic E-state index is 14.2. The van der Waals surface area contributed by atoms with Crippen molar-refractivity contribution in [1.82, 2.24) is 15.1 Å². The van der Waals surface area contributed by atoms with Gasteiger partial charge in [-0.25, -0.2) is 9.07 Å². The van der Waals surface area contributed by atoms with Gasteiger partial charge in [-0.3, -0.25) is 0 Å². The smallest absolute Gasteiger partial charge is 0.131 e. The van der Waals surface area contributed by atoms with Crippen LogP contribution in [0.1, 0.15) is 29.8 Å². The fourth-order valence-corrected chi connectivity index (χ4v) is 3.65. The van der Waals surface area contributed by atoms with Crippen LogP contribution in [0.3, 0.4) is 0 Å². The molecule has 1 heterocycles. The first-order valence-electron chi connectivity index (χ1n) is 9.67. The lowest BCUT2D eigenvalue weighted by Crippen LogP contribution is -2.19. The largest absolute Gasteiger partial charge is 0.497 e. The van der Waals surface area contributed by atoms with Gasteiger partial charge in [-0.1, -0.05) is 42.5 Å². The molecule has 4 nitrogen and oxygen atoms in total. The molecule has 0 fully saturated rings. The molecule has 1 atom stereocenters. The van der Waals surface area contributed by atoms with Crippen molar-refractivity contribution in [3.63, 3.8) is 0 Å². The number of methoxy groups -OCH3 is 1. The highest BCUT2D eigenvalue weighted by Gasteiger charge is 2.16. The second kappa shape index (κ2) is 8.05. The molecule has 0 bridgehead atoms. The van der Waals surface area contributed by atoms with E-state index in [2.05, 4.69) is 48.5 Å². The van der Waals surface area contributed by atoms with E-state index in [1.807, 2.05) is 29.1 Å². The Morgan fingerprint density at radius 3 is 2.69 bits per heavy atom. The van der Waals surface area contributed by atoms with Crippen LogP contribution >= 0.6 is 0 Å².